The van der Waals surface area contributed by atoms with Gasteiger partial charge in [0.1, 0.15) is 16.8 Å². The molecular weight excluding hydrogens is 240 g/mol. The highest BCUT2D eigenvalue weighted by Gasteiger charge is 2.18. The second kappa shape index (κ2) is 5.60. The molecule has 0 aromatic carbocycles. The summed E-state index contributed by atoms with van der Waals surface area (Å²) in [6.07, 6.45) is 0.974. The summed E-state index contributed by atoms with van der Waals surface area (Å²) < 4.78 is 0. The number of anilines is 1. The van der Waals surface area contributed by atoms with Gasteiger partial charge in [-0.05, 0) is 13.8 Å². The van der Waals surface area contributed by atoms with Crippen LogP contribution in [0.2, 0.25) is 5.15 Å². The highest BCUT2D eigenvalue weighted by Crippen LogP contribution is 2.23. The minimum atomic E-state index is -0.0518. The van der Waals surface area contributed by atoms with E-state index in [-0.39, 0.29) is 16.8 Å². The summed E-state index contributed by atoms with van der Waals surface area (Å²) in [6, 6.07) is 2.03. The van der Waals surface area contributed by atoms with E-state index in [4.69, 9.17) is 16.9 Å². The summed E-state index contributed by atoms with van der Waals surface area (Å²) in [5.41, 5.74) is 0.254. The van der Waals surface area contributed by atoms with Crippen molar-refractivity contribution in [3.8, 4) is 6.07 Å². The van der Waals surface area contributed by atoms with E-state index in [0.29, 0.717) is 24.3 Å². The van der Waals surface area contributed by atoms with E-state index in [2.05, 4.69) is 16.0 Å². The van der Waals surface area contributed by atoms with E-state index >= 15 is 0 Å². The number of aryl methyl sites for hydroxylation is 1. The molecule has 1 aromatic heterocycles. The first-order chi connectivity index (χ1) is 8.01. The molecule has 90 valence electrons. The van der Waals surface area contributed by atoms with Crippen molar-refractivity contribution >= 4 is 23.7 Å². The van der Waals surface area contributed by atoms with Crippen LogP contribution in [-0.4, -0.2) is 29.3 Å². The molecule has 0 bridgehead atoms. The third kappa shape index (κ3) is 2.92. The van der Waals surface area contributed by atoms with Gasteiger partial charge in [-0.15, -0.1) is 0 Å². The Morgan fingerprint density at radius 3 is 2.76 bits per heavy atom. The first-order valence-corrected chi connectivity index (χ1v) is 5.48. The van der Waals surface area contributed by atoms with Gasteiger partial charge in [-0.2, -0.15) is 5.26 Å². The third-order valence-corrected chi connectivity index (χ3v) is 2.78. The number of hydrogen-bond acceptors (Lipinski definition) is 5. The van der Waals surface area contributed by atoms with Gasteiger partial charge in [-0.3, -0.25) is 4.79 Å². The number of halogens is 1. The molecule has 0 radical (unpaired) electrons. The van der Waals surface area contributed by atoms with Gasteiger partial charge in [0.05, 0.1) is 18.1 Å². The van der Waals surface area contributed by atoms with Crippen LogP contribution < -0.4 is 4.90 Å². The predicted molar refractivity (Wildman–Crippen MR) is 65.3 cm³/mol. The van der Waals surface area contributed by atoms with Crippen molar-refractivity contribution in [3.05, 3.63) is 16.5 Å². The second-order valence-corrected chi connectivity index (χ2v) is 4.10. The lowest BCUT2D eigenvalue weighted by Gasteiger charge is -2.25. The Hall–Kier alpha value is -1.67. The molecule has 5 nitrogen and oxygen atoms in total. The molecule has 0 fully saturated rings. The van der Waals surface area contributed by atoms with Crippen molar-refractivity contribution < 1.29 is 4.79 Å². The van der Waals surface area contributed by atoms with E-state index in [9.17, 15) is 4.79 Å². The molecule has 1 heterocycles. The Morgan fingerprint density at radius 2 is 2.24 bits per heavy atom. The zero-order valence-electron chi connectivity index (χ0n) is 9.94. The topological polar surface area (TPSA) is 69.9 Å². The van der Waals surface area contributed by atoms with Crippen LogP contribution in [0.25, 0.3) is 0 Å². The second-order valence-electron chi connectivity index (χ2n) is 3.74. The Balaban J connectivity index is 3.21. The maximum absolute atomic E-state index is 11.0. The fourth-order valence-corrected chi connectivity index (χ4v) is 1.63. The van der Waals surface area contributed by atoms with E-state index in [0.717, 1.165) is 0 Å². The van der Waals surface area contributed by atoms with Gasteiger partial charge < -0.3 is 4.90 Å². The van der Waals surface area contributed by atoms with Gasteiger partial charge in [-0.1, -0.05) is 11.6 Å². The number of aromatic nitrogens is 2. The molecule has 0 saturated heterocycles. The number of nitrogens with zero attached hydrogens (tertiary/aromatic N) is 4. The van der Waals surface area contributed by atoms with E-state index < -0.39 is 0 Å². The Labute approximate surface area is 105 Å². The number of nitriles is 1. The molecule has 6 heteroatoms. The Kier molecular flexibility index (Phi) is 4.41. The monoisotopic (exact) mass is 252 g/mol. The van der Waals surface area contributed by atoms with Crippen molar-refractivity contribution in [2.75, 3.05) is 11.9 Å². The maximum Gasteiger partial charge on any atom is 0.156 e. The quantitative estimate of drug-likeness (QED) is 0.605. The van der Waals surface area contributed by atoms with Crippen LogP contribution >= 0.6 is 11.6 Å². The standard InChI is InChI=1S/C11H13ClN4O/c1-7(4-5-13)16(3)11-9(6-17)10(12)14-8(2)15-11/h6-7H,4H2,1-3H3. The average Bonchev–Trinajstić information content (AvgIpc) is 2.27. The molecule has 1 rings (SSSR count). The number of carbonyl (C=O) groups is 1. The molecule has 0 spiro atoms. The summed E-state index contributed by atoms with van der Waals surface area (Å²) in [5.74, 6) is 0.951. The van der Waals surface area contributed by atoms with Crippen LogP contribution in [0, 0.1) is 18.3 Å². The van der Waals surface area contributed by atoms with Crippen LogP contribution in [0.1, 0.15) is 29.5 Å². The largest absolute Gasteiger partial charge is 0.355 e. The zero-order valence-corrected chi connectivity index (χ0v) is 10.7. The lowest BCUT2D eigenvalue weighted by molar-refractivity contribution is 0.112. The van der Waals surface area contributed by atoms with E-state index in [1.54, 1.807) is 18.9 Å². The molecule has 17 heavy (non-hydrogen) atoms. The first-order valence-electron chi connectivity index (χ1n) is 5.10. The fraction of sp³-hybridized carbons (Fsp3) is 0.455. The Morgan fingerprint density at radius 1 is 1.59 bits per heavy atom. The van der Waals surface area contributed by atoms with Crippen molar-refractivity contribution in [2.24, 2.45) is 0 Å². The summed E-state index contributed by atoms with van der Waals surface area (Å²) in [6.45, 7) is 3.58. The van der Waals surface area contributed by atoms with Gasteiger partial charge in [-0.25, -0.2) is 9.97 Å². The van der Waals surface area contributed by atoms with Crippen LogP contribution in [0.15, 0.2) is 0 Å². The molecular formula is C11H13ClN4O. The van der Waals surface area contributed by atoms with Crippen molar-refractivity contribution in [3.63, 3.8) is 0 Å². The Bertz CT molecular complexity index is 469. The summed E-state index contributed by atoms with van der Waals surface area (Å²) in [7, 11) is 1.77. The molecule has 0 aliphatic rings. The zero-order chi connectivity index (χ0) is 13.0. The number of carbonyl (C=O) groups excluding carboxylic acids is 1. The summed E-state index contributed by atoms with van der Waals surface area (Å²) >= 11 is 5.89. The van der Waals surface area contributed by atoms with Gasteiger partial charge >= 0.3 is 0 Å². The summed E-state index contributed by atoms with van der Waals surface area (Å²) in [4.78, 5) is 20.9. The molecule has 0 aliphatic heterocycles. The summed E-state index contributed by atoms with van der Waals surface area (Å²) in [5, 5.41) is 8.80. The highest BCUT2D eigenvalue weighted by atomic mass is 35.5. The molecule has 1 atom stereocenters. The molecule has 1 unspecified atom stereocenters. The lowest BCUT2D eigenvalue weighted by atomic mass is 10.2. The smallest absolute Gasteiger partial charge is 0.156 e. The third-order valence-electron chi connectivity index (χ3n) is 2.49. The van der Waals surface area contributed by atoms with Crippen LogP contribution in [-0.2, 0) is 0 Å². The van der Waals surface area contributed by atoms with Gasteiger partial charge in [0, 0.05) is 13.1 Å². The predicted octanol–water partition coefficient (Wildman–Crippen LogP) is 1.99. The normalized spacial score (nSPS) is 11.7. The molecule has 0 N–H and O–H groups in total. The van der Waals surface area contributed by atoms with Crippen molar-refractivity contribution in [1.82, 2.24) is 9.97 Å². The SMILES string of the molecule is Cc1nc(Cl)c(C=O)c(N(C)C(C)CC#N)n1. The van der Waals surface area contributed by atoms with Gasteiger partial charge in [0.2, 0.25) is 0 Å². The highest BCUT2D eigenvalue weighted by molar-refractivity contribution is 6.32. The first kappa shape index (κ1) is 13.4. The van der Waals surface area contributed by atoms with E-state index in [1.807, 2.05) is 6.92 Å². The van der Waals surface area contributed by atoms with Crippen molar-refractivity contribution in [2.45, 2.75) is 26.3 Å². The van der Waals surface area contributed by atoms with Crippen LogP contribution in [0.5, 0.6) is 0 Å². The number of hydrogen-bond donors (Lipinski definition) is 0. The van der Waals surface area contributed by atoms with E-state index in [1.165, 1.54) is 0 Å². The molecule has 1 aromatic rings. The number of rotatable bonds is 4. The minimum Gasteiger partial charge on any atom is -0.355 e. The lowest BCUT2D eigenvalue weighted by Crippen LogP contribution is -2.30. The fourth-order valence-electron chi connectivity index (χ4n) is 1.38. The molecule has 0 saturated carbocycles. The molecule has 0 aliphatic carbocycles. The maximum atomic E-state index is 11.0. The average molecular weight is 253 g/mol. The minimum absolute atomic E-state index is 0.0518. The van der Waals surface area contributed by atoms with Gasteiger partial charge in [0.15, 0.2) is 6.29 Å². The molecule has 0 amide bonds. The van der Waals surface area contributed by atoms with Crippen LogP contribution in [0.3, 0.4) is 0 Å². The van der Waals surface area contributed by atoms with Gasteiger partial charge in [0.25, 0.3) is 0 Å². The number of aldehydes is 1. The van der Waals surface area contributed by atoms with Crippen molar-refractivity contribution in [1.29, 1.82) is 5.26 Å². The van der Waals surface area contributed by atoms with Crippen LogP contribution in [0.4, 0.5) is 5.82 Å².